The second-order valence-corrected chi connectivity index (χ2v) is 4.38. The molecule has 0 spiro atoms. The molecule has 1 amide bonds. The summed E-state index contributed by atoms with van der Waals surface area (Å²) in [6.45, 7) is 0.532. The third kappa shape index (κ3) is 2.97. The van der Waals surface area contributed by atoms with E-state index in [9.17, 15) is 10.0 Å². The van der Waals surface area contributed by atoms with Crippen molar-refractivity contribution < 1.29 is 19.5 Å². The van der Waals surface area contributed by atoms with Crippen LogP contribution in [0.15, 0.2) is 18.2 Å². The Morgan fingerprint density at radius 3 is 2.68 bits per heavy atom. The number of rotatable bonds is 4. The molecule has 1 aromatic carbocycles. The normalized spacial score (nSPS) is 19.2. The van der Waals surface area contributed by atoms with Crippen molar-refractivity contribution in [2.75, 3.05) is 26.1 Å². The Labute approximate surface area is 111 Å². The third-order valence-corrected chi connectivity index (χ3v) is 3.18. The molecule has 2 rings (SSSR count). The average molecular weight is 266 g/mol. The number of hydrogen-bond donors (Lipinski definition) is 2. The number of nitrogens with one attached hydrogen (secondary N) is 1. The van der Waals surface area contributed by atoms with Gasteiger partial charge in [0.2, 0.25) is 5.91 Å². The van der Waals surface area contributed by atoms with Crippen molar-refractivity contribution >= 4 is 11.6 Å². The standard InChI is InChI=1S/C13H18N2O4/c1-18-11-6-5-9(8-12(11)19-2)14-13(16)10-4-3-7-15(10)17/h5-6,8,10,17H,3-4,7H2,1-2H3,(H,14,16). The van der Waals surface area contributed by atoms with Crippen LogP contribution in [0.4, 0.5) is 5.69 Å². The van der Waals surface area contributed by atoms with Crippen LogP contribution < -0.4 is 14.8 Å². The Morgan fingerprint density at radius 1 is 1.37 bits per heavy atom. The predicted octanol–water partition coefficient (Wildman–Crippen LogP) is 1.50. The molecule has 0 aromatic heterocycles. The minimum Gasteiger partial charge on any atom is -0.493 e. The Hall–Kier alpha value is -1.79. The molecule has 0 bridgehead atoms. The first-order valence-electron chi connectivity index (χ1n) is 6.14. The largest absolute Gasteiger partial charge is 0.493 e. The fourth-order valence-corrected chi connectivity index (χ4v) is 2.16. The van der Waals surface area contributed by atoms with Gasteiger partial charge in [0.15, 0.2) is 11.5 Å². The number of carbonyl (C=O) groups is 1. The second-order valence-electron chi connectivity index (χ2n) is 4.38. The Kier molecular flexibility index (Phi) is 4.24. The van der Waals surface area contributed by atoms with Crippen LogP contribution in [0.25, 0.3) is 0 Å². The van der Waals surface area contributed by atoms with Crippen molar-refractivity contribution in [1.82, 2.24) is 5.06 Å². The molecule has 0 radical (unpaired) electrons. The first-order chi connectivity index (χ1) is 9.15. The molecule has 104 valence electrons. The van der Waals surface area contributed by atoms with Crippen molar-refractivity contribution in [3.05, 3.63) is 18.2 Å². The first-order valence-corrected chi connectivity index (χ1v) is 6.14. The maximum Gasteiger partial charge on any atom is 0.244 e. The number of hydrogen-bond acceptors (Lipinski definition) is 5. The highest BCUT2D eigenvalue weighted by molar-refractivity contribution is 5.95. The maximum atomic E-state index is 12.0. The molecule has 1 saturated heterocycles. The van der Waals surface area contributed by atoms with E-state index in [2.05, 4.69) is 5.32 Å². The summed E-state index contributed by atoms with van der Waals surface area (Å²) >= 11 is 0. The number of hydroxylamine groups is 2. The van der Waals surface area contributed by atoms with Crippen molar-refractivity contribution in [1.29, 1.82) is 0 Å². The first kappa shape index (κ1) is 13.6. The van der Waals surface area contributed by atoms with E-state index in [1.165, 1.54) is 7.11 Å². The highest BCUT2D eigenvalue weighted by atomic mass is 16.5. The zero-order valence-electron chi connectivity index (χ0n) is 11.0. The van der Waals surface area contributed by atoms with Gasteiger partial charge < -0.3 is 20.0 Å². The average Bonchev–Trinajstić information content (AvgIpc) is 2.85. The second kappa shape index (κ2) is 5.90. The Bertz CT molecular complexity index is 464. The van der Waals surface area contributed by atoms with Crippen LogP contribution >= 0.6 is 0 Å². The lowest BCUT2D eigenvalue weighted by molar-refractivity contribution is -0.140. The number of methoxy groups -OCH3 is 2. The van der Waals surface area contributed by atoms with Crippen LogP contribution in [0.5, 0.6) is 11.5 Å². The summed E-state index contributed by atoms with van der Waals surface area (Å²) in [6.07, 6.45) is 1.48. The Morgan fingerprint density at radius 2 is 2.11 bits per heavy atom. The van der Waals surface area contributed by atoms with Crippen molar-refractivity contribution in [3.8, 4) is 11.5 Å². The van der Waals surface area contributed by atoms with Crippen molar-refractivity contribution in [2.45, 2.75) is 18.9 Å². The molecule has 1 aromatic rings. The topological polar surface area (TPSA) is 71.0 Å². The van der Waals surface area contributed by atoms with E-state index in [1.54, 1.807) is 25.3 Å². The van der Waals surface area contributed by atoms with Crippen LogP contribution in [0.2, 0.25) is 0 Å². The van der Waals surface area contributed by atoms with Gasteiger partial charge in [0, 0.05) is 18.3 Å². The third-order valence-electron chi connectivity index (χ3n) is 3.18. The summed E-state index contributed by atoms with van der Waals surface area (Å²) in [5.74, 6) is 0.935. The number of anilines is 1. The molecule has 1 heterocycles. The number of amides is 1. The van der Waals surface area contributed by atoms with E-state index in [0.29, 0.717) is 30.2 Å². The van der Waals surface area contributed by atoms with Crippen molar-refractivity contribution in [3.63, 3.8) is 0 Å². The lowest BCUT2D eigenvalue weighted by Gasteiger charge is -2.17. The van der Waals surface area contributed by atoms with Gasteiger partial charge in [-0.3, -0.25) is 4.79 Å². The van der Waals surface area contributed by atoms with Crippen LogP contribution in [-0.2, 0) is 4.79 Å². The molecule has 1 fully saturated rings. The fraction of sp³-hybridized carbons (Fsp3) is 0.462. The highest BCUT2D eigenvalue weighted by Crippen LogP contribution is 2.30. The molecule has 1 aliphatic rings. The zero-order chi connectivity index (χ0) is 13.8. The van der Waals surface area contributed by atoms with Gasteiger partial charge in [0.25, 0.3) is 0 Å². The molecule has 0 aliphatic carbocycles. The number of ether oxygens (including phenoxy) is 2. The minimum atomic E-state index is -0.479. The molecule has 1 atom stereocenters. The summed E-state index contributed by atoms with van der Waals surface area (Å²) in [7, 11) is 3.09. The van der Waals surface area contributed by atoms with Gasteiger partial charge in [-0.15, -0.1) is 0 Å². The van der Waals surface area contributed by atoms with Gasteiger partial charge in [-0.1, -0.05) is 0 Å². The zero-order valence-corrected chi connectivity index (χ0v) is 11.0. The lowest BCUT2D eigenvalue weighted by Crippen LogP contribution is -2.37. The fourth-order valence-electron chi connectivity index (χ4n) is 2.16. The monoisotopic (exact) mass is 266 g/mol. The Balaban J connectivity index is 2.08. The molecule has 19 heavy (non-hydrogen) atoms. The van der Waals surface area contributed by atoms with Gasteiger partial charge in [-0.05, 0) is 25.0 Å². The highest BCUT2D eigenvalue weighted by Gasteiger charge is 2.29. The molecule has 0 saturated carbocycles. The number of nitrogens with zero attached hydrogens (tertiary/aromatic N) is 1. The van der Waals surface area contributed by atoms with Crippen LogP contribution in [0.3, 0.4) is 0 Å². The molecule has 6 heteroatoms. The van der Waals surface area contributed by atoms with E-state index in [0.717, 1.165) is 11.5 Å². The molecule has 1 aliphatic heterocycles. The summed E-state index contributed by atoms with van der Waals surface area (Å²) in [5, 5.41) is 13.4. The van der Waals surface area contributed by atoms with E-state index in [1.807, 2.05) is 0 Å². The quantitative estimate of drug-likeness (QED) is 0.864. The van der Waals surface area contributed by atoms with Gasteiger partial charge in [-0.2, -0.15) is 5.06 Å². The molecule has 6 nitrogen and oxygen atoms in total. The van der Waals surface area contributed by atoms with Gasteiger partial charge in [0.05, 0.1) is 14.2 Å². The van der Waals surface area contributed by atoms with E-state index < -0.39 is 6.04 Å². The van der Waals surface area contributed by atoms with Gasteiger partial charge in [-0.25, -0.2) is 0 Å². The summed E-state index contributed by atoms with van der Waals surface area (Å²) in [4.78, 5) is 12.0. The van der Waals surface area contributed by atoms with Crippen molar-refractivity contribution in [2.24, 2.45) is 0 Å². The van der Waals surface area contributed by atoms with Crippen LogP contribution in [-0.4, -0.2) is 43.0 Å². The molecule has 2 N–H and O–H groups in total. The molecular weight excluding hydrogens is 248 g/mol. The lowest BCUT2D eigenvalue weighted by atomic mass is 10.2. The summed E-state index contributed by atoms with van der Waals surface area (Å²) in [5.41, 5.74) is 0.614. The molecule has 1 unspecified atom stereocenters. The number of carbonyl (C=O) groups excluding carboxylic acids is 1. The van der Waals surface area contributed by atoms with Gasteiger partial charge >= 0.3 is 0 Å². The van der Waals surface area contributed by atoms with Crippen LogP contribution in [0, 0.1) is 0 Å². The smallest absolute Gasteiger partial charge is 0.244 e. The predicted molar refractivity (Wildman–Crippen MR) is 69.7 cm³/mol. The van der Waals surface area contributed by atoms with Gasteiger partial charge in [0.1, 0.15) is 6.04 Å². The summed E-state index contributed by atoms with van der Waals surface area (Å²) in [6, 6.07) is 4.66. The summed E-state index contributed by atoms with van der Waals surface area (Å²) < 4.78 is 10.3. The van der Waals surface area contributed by atoms with E-state index in [-0.39, 0.29) is 5.91 Å². The minimum absolute atomic E-state index is 0.216. The van der Waals surface area contributed by atoms with Crippen LogP contribution in [0.1, 0.15) is 12.8 Å². The number of benzene rings is 1. The molecular formula is C13H18N2O4. The maximum absolute atomic E-state index is 12.0. The van der Waals surface area contributed by atoms with E-state index >= 15 is 0 Å². The van der Waals surface area contributed by atoms with E-state index in [4.69, 9.17) is 9.47 Å². The SMILES string of the molecule is COc1ccc(NC(=O)C2CCCN2O)cc1OC.